The van der Waals surface area contributed by atoms with Gasteiger partial charge in [-0.25, -0.2) is 4.79 Å². The van der Waals surface area contributed by atoms with E-state index < -0.39 is 0 Å². The zero-order valence-electron chi connectivity index (χ0n) is 7.55. The van der Waals surface area contributed by atoms with Crippen LogP contribution < -0.4 is 0 Å². The number of rotatable bonds is 1. The third-order valence-corrected chi connectivity index (χ3v) is 2.14. The van der Waals surface area contributed by atoms with Gasteiger partial charge in [-0.1, -0.05) is 13.5 Å². The summed E-state index contributed by atoms with van der Waals surface area (Å²) in [6, 6.07) is 0. The molecule has 0 bridgehead atoms. The normalized spacial score (nSPS) is 31.2. The highest BCUT2D eigenvalue weighted by Gasteiger charge is 2.29. The zero-order valence-corrected chi connectivity index (χ0v) is 7.55. The monoisotopic (exact) mass is 170 g/mol. The smallest absolute Gasteiger partial charge is 0.335 e. The minimum absolute atomic E-state index is 0.281. The van der Waals surface area contributed by atoms with Crippen molar-refractivity contribution in [2.45, 2.75) is 25.9 Å². The molecule has 1 heterocycles. The lowest BCUT2D eigenvalue weighted by atomic mass is 10.1. The first kappa shape index (κ1) is 9.26. The number of hydrogen-bond donors (Lipinski definition) is 0. The summed E-state index contributed by atoms with van der Waals surface area (Å²) in [6.07, 6.45) is 0.827. The first-order chi connectivity index (χ1) is 5.57. The zero-order chi connectivity index (χ0) is 9.19. The molecule has 3 nitrogen and oxygen atoms in total. The Hall–Kier alpha value is -0.830. The number of ether oxygens (including phenoxy) is 2. The van der Waals surface area contributed by atoms with Crippen LogP contribution in [0.2, 0.25) is 0 Å². The average molecular weight is 170 g/mol. The van der Waals surface area contributed by atoms with E-state index in [0.717, 1.165) is 6.42 Å². The van der Waals surface area contributed by atoms with Gasteiger partial charge < -0.3 is 9.47 Å². The molecule has 1 rings (SSSR count). The molecule has 0 aliphatic carbocycles. The lowest BCUT2D eigenvalue weighted by molar-refractivity contribution is -0.142. The molecule has 0 saturated carbocycles. The van der Waals surface area contributed by atoms with Crippen molar-refractivity contribution < 1.29 is 14.3 Å². The fourth-order valence-electron chi connectivity index (χ4n) is 0.886. The van der Waals surface area contributed by atoms with Crippen molar-refractivity contribution in [3.8, 4) is 0 Å². The predicted octanol–water partition coefficient (Wildman–Crippen LogP) is 1.28. The maximum absolute atomic E-state index is 11.0. The average Bonchev–Trinajstić information content (AvgIpc) is 2.20. The van der Waals surface area contributed by atoms with Gasteiger partial charge in [-0.2, -0.15) is 0 Å². The van der Waals surface area contributed by atoms with E-state index in [1.54, 1.807) is 0 Å². The SMILES string of the molecule is C=C1COC(C)(CC)COC1=O. The van der Waals surface area contributed by atoms with Crippen LogP contribution >= 0.6 is 0 Å². The maximum Gasteiger partial charge on any atom is 0.335 e. The van der Waals surface area contributed by atoms with Gasteiger partial charge in [-0.15, -0.1) is 0 Å². The second kappa shape index (κ2) is 3.27. The molecule has 1 atom stereocenters. The highest BCUT2D eigenvalue weighted by atomic mass is 16.6. The van der Waals surface area contributed by atoms with Crippen molar-refractivity contribution >= 4 is 5.97 Å². The molecule has 0 radical (unpaired) electrons. The van der Waals surface area contributed by atoms with Crippen molar-refractivity contribution in [1.29, 1.82) is 0 Å². The maximum atomic E-state index is 11.0. The van der Waals surface area contributed by atoms with Crippen LogP contribution in [0.25, 0.3) is 0 Å². The number of carbonyl (C=O) groups excluding carboxylic acids is 1. The van der Waals surface area contributed by atoms with Crippen LogP contribution in [0.3, 0.4) is 0 Å². The highest BCUT2D eigenvalue weighted by molar-refractivity contribution is 5.88. The van der Waals surface area contributed by atoms with E-state index in [-0.39, 0.29) is 18.2 Å². The van der Waals surface area contributed by atoms with Gasteiger partial charge in [0.15, 0.2) is 0 Å². The Kier molecular flexibility index (Phi) is 2.52. The number of cyclic esters (lactones) is 1. The first-order valence-corrected chi connectivity index (χ1v) is 4.06. The molecular formula is C9H14O3. The quantitative estimate of drug-likeness (QED) is 0.439. The Balaban J connectivity index is 2.67. The Bertz CT molecular complexity index is 190. The molecule has 1 fully saturated rings. The Labute approximate surface area is 72.4 Å². The van der Waals surface area contributed by atoms with Crippen molar-refractivity contribution in [2.75, 3.05) is 13.2 Å². The highest BCUT2D eigenvalue weighted by Crippen LogP contribution is 2.20. The van der Waals surface area contributed by atoms with Gasteiger partial charge in [0.1, 0.15) is 6.61 Å². The Morgan fingerprint density at radius 3 is 2.92 bits per heavy atom. The molecule has 1 unspecified atom stereocenters. The summed E-state index contributed by atoms with van der Waals surface area (Å²) in [4.78, 5) is 11.0. The molecular weight excluding hydrogens is 156 g/mol. The lowest BCUT2D eigenvalue weighted by Crippen LogP contribution is -2.32. The largest absolute Gasteiger partial charge is 0.459 e. The van der Waals surface area contributed by atoms with Gasteiger partial charge in [0.25, 0.3) is 0 Å². The molecule has 3 heteroatoms. The summed E-state index contributed by atoms with van der Waals surface area (Å²) in [5, 5.41) is 0. The minimum Gasteiger partial charge on any atom is -0.459 e. The van der Waals surface area contributed by atoms with Crippen LogP contribution in [0, 0.1) is 0 Å². The second-order valence-corrected chi connectivity index (χ2v) is 3.27. The summed E-state index contributed by atoms with van der Waals surface area (Å²) in [7, 11) is 0. The fourth-order valence-corrected chi connectivity index (χ4v) is 0.886. The number of esters is 1. The van der Waals surface area contributed by atoms with Crippen molar-refractivity contribution in [3.05, 3.63) is 12.2 Å². The standard InChI is InChI=1S/C9H14O3/c1-4-9(3)6-11-8(10)7(2)5-12-9/h2,4-6H2,1,3H3. The molecule has 0 N–H and O–H groups in total. The van der Waals surface area contributed by atoms with E-state index in [1.165, 1.54) is 0 Å². The minimum atomic E-state index is -0.341. The third kappa shape index (κ3) is 1.85. The van der Waals surface area contributed by atoms with E-state index in [0.29, 0.717) is 12.2 Å². The van der Waals surface area contributed by atoms with Crippen molar-refractivity contribution in [3.63, 3.8) is 0 Å². The lowest BCUT2D eigenvalue weighted by Gasteiger charge is -2.24. The van der Waals surface area contributed by atoms with Gasteiger partial charge >= 0.3 is 5.97 Å². The van der Waals surface area contributed by atoms with Gasteiger partial charge in [-0.05, 0) is 13.3 Å². The van der Waals surface area contributed by atoms with Crippen LogP contribution in [0.4, 0.5) is 0 Å². The fraction of sp³-hybridized carbons (Fsp3) is 0.667. The van der Waals surface area contributed by atoms with Gasteiger partial charge in [0.05, 0.1) is 17.8 Å². The Morgan fingerprint density at radius 2 is 2.33 bits per heavy atom. The molecule has 0 aromatic heterocycles. The Morgan fingerprint density at radius 1 is 1.67 bits per heavy atom. The summed E-state index contributed by atoms with van der Waals surface area (Å²) in [5.74, 6) is -0.341. The van der Waals surface area contributed by atoms with E-state index in [1.807, 2.05) is 13.8 Å². The predicted molar refractivity (Wildman–Crippen MR) is 44.7 cm³/mol. The van der Waals surface area contributed by atoms with Crippen LogP contribution in [0.1, 0.15) is 20.3 Å². The third-order valence-electron chi connectivity index (χ3n) is 2.14. The molecule has 0 amide bonds. The molecule has 12 heavy (non-hydrogen) atoms. The molecule has 1 aliphatic heterocycles. The van der Waals surface area contributed by atoms with Crippen LogP contribution in [0.15, 0.2) is 12.2 Å². The van der Waals surface area contributed by atoms with Gasteiger partial charge in [-0.3, -0.25) is 0 Å². The molecule has 1 aliphatic rings. The molecule has 1 saturated heterocycles. The van der Waals surface area contributed by atoms with Crippen molar-refractivity contribution in [2.24, 2.45) is 0 Å². The topological polar surface area (TPSA) is 35.5 Å². The van der Waals surface area contributed by atoms with Gasteiger partial charge in [0.2, 0.25) is 0 Å². The summed E-state index contributed by atoms with van der Waals surface area (Å²) < 4.78 is 10.4. The molecule has 0 aromatic rings. The molecule has 68 valence electrons. The molecule has 0 spiro atoms. The molecule has 0 aromatic carbocycles. The van der Waals surface area contributed by atoms with Gasteiger partial charge in [0, 0.05) is 0 Å². The first-order valence-electron chi connectivity index (χ1n) is 4.06. The van der Waals surface area contributed by atoms with Crippen LogP contribution in [-0.4, -0.2) is 24.8 Å². The summed E-state index contributed by atoms with van der Waals surface area (Å²) in [6.45, 7) is 8.09. The number of hydrogen-bond acceptors (Lipinski definition) is 3. The summed E-state index contributed by atoms with van der Waals surface area (Å²) in [5.41, 5.74) is 0.0573. The van der Waals surface area contributed by atoms with E-state index in [4.69, 9.17) is 9.47 Å². The van der Waals surface area contributed by atoms with E-state index in [2.05, 4.69) is 6.58 Å². The second-order valence-electron chi connectivity index (χ2n) is 3.27. The summed E-state index contributed by atoms with van der Waals surface area (Å²) >= 11 is 0. The van der Waals surface area contributed by atoms with Crippen LogP contribution in [-0.2, 0) is 14.3 Å². The number of carbonyl (C=O) groups is 1. The van der Waals surface area contributed by atoms with E-state index >= 15 is 0 Å². The van der Waals surface area contributed by atoms with Crippen LogP contribution in [0.5, 0.6) is 0 Å². The van der Waals surface area contributed by atoms with E-state index in [9.17, 15) is 4.79 Å². The van der Waals surface area contributed by atoms with Crippen molar-refractivity contribution in [1.82, 2.24) is 0 Å².